The number of anilines is 1. The van der Waals surface area contributed by atoms with Crippen LogP contribution in [0.3, 0.4) is 0 Å². The number of esters is 1. The fourth-order valence-electron chi connectivity index (χ4n) is 1.65. The highest BCUT2D eigenvalue weighted by Gasteiger charge is 2.12. The lowest BCUT2D eigenvalue weighted by Gasteiger charge is -2.13. The van der Waals surface area contributed by atoms with E-state index in [2.05, 4.69) is 15.0 Å². The lowest BCUT2D eigenvalue weighted by atomic mass is 10.2. The van der Waals surface area contributed by atoms with Crippen LogP contribution in [0.4, 0.5) is 5.69 Å². The van der Waals surface area contributed by atoms with Crippen LogP contribution in [0.5, 0.6) is 0 Å². The number of hydrogen-bond acceptors (Lipinski definition) is 4. The fourth-order valence-corrected chi connectivity index (χ4v) is 1.65. The molecule has 1 heterocycles. The molecule has 0 radical (unpaired) electrons. The number of pyridine rings is 1. The Bertz CT molecular complexity index is 540. The molecular weight excluding hydrogens is 216 g/mol. The van der Waals surface area contributed by atoms with E-state index in [0.29, 0.717) is 0 Å². The van der Waals surface area contributed by atoms with Gasteiger partial charge in [0.05, 0.1) is 12.6 Å². The first-order valence-corrected chi connectivity index (χ1v) is 5.40. The summed E-state index contributed by atoms with van der Waals surface area (Å²) in [4.78, 5) is 15.5. The van der Waals surface area contributed by atoms with Crippen LogP contribution in [0.25, 0.3) is 10.9 Å². The maximum Gasteiger partial charge on any atom is 0.327 e. The summed E-state index contributed by atoms with van der Waals surface area (Å²) in [7, 11) is 1.38. The van der Waals surface area contributed by atoms with Crippen molar-refractivity contribution in [2.75, 3.05) is 12.4 Å². The maximum atomic E-state index is 11.3. The molecule has 4 heteroatoms. The number of ether oxygens (including phenoxy) is 1. The molecule has 0 aliphatic rings. The van der Waals surface area contributed by atoms with Crippen molar-refractivity contribution >= 4 is 22.6 Å². The number of carbonyl (C=O) groups excluding carboxylic acids is 1. The highest BCUT2D eigenvalue weighted by atomic mass is 16.5. The molecule has 2 rings (SSSR count). The SMILES string of the molecule is COC(=O)C(C)Nc1ccc2ncccc2c1. The summed E-state index contributed by atoms with van der Waals surface area (Å²) in [6.45, 7) is 1.76. The van der Waals surface area contributed by atoms with Crippen LogP contribution in [0.2, 0.25) is 0 Å². The Morgan fingerprint density at radius 3 is 3.00 bits per heavy atom. The van der Waals surface area contributed by atoms with Crippen molar-refractivity contribution in [3.8, 4) is 0 Å². The number of hydrogen-bond donors (Lipinski definition) is 1. The standard InChI is InChI=1S/C13H14N2O2/c1-9(13(16)17-2)15-11-5-6-12-10(8-11)4-3-7-14-12/h3-9,15H,1-2H3. The normalized spacial score (nSPS) is 12.1. The molecule has 1 unspecified atom stereocenters. The van der Waals surface area contributed by atoms with Crippen LogP contribution in [-0.4, -0.2) is 24.1 Å². The molecule has 2 aromatic rings. The first kappa shape index (κ1) is 11.4. The summed E-state index contributed by atoms with van der Waals surface area (Å²) >= 11 is 0. The van der Waals surface area contributed by atoms with Gasteiger partial charge in [-0.3, -0.25) is 4.98 Å². The molecule has 1 atom stereocenters. The number of carbonyl (C=O) groups is 1. The van der Waals surface area contributed by atoms with E-state index in [9.17, 15) is 4.79 Å². The van der Waals surface area contributed by atoms with Gasteiger partial charge in [0.1, 0.15) is 6.04 Å². The van der Waals surface area contributed by atoms with Crippen molar-refractivity contribution in [3.63, 3.8) is 0 Å². The third-order valence-electron chi connectivity index (χ3n) is 2.54. The van der Waals surface area contributed by atoms with Gasteiger partial charge >= 0.3 is 5.97 Å². The number of rotatable bonds is 3. The van der Waals surface area contributed by atoms with Gasteiger partial charge in [0.15, 0.2) is 0 Å². The molecule has 0 saturated heterocycles. The van der Waals surface area contributed by atoms with E-state index in [-0.39, 0.29) is 12.0 Å². The molecule has 1 aromatic heterocycles. The number of methoxy groups -OCH3 is 1. The lowest BCUT2D eigenvalue weighted by molar-refractivity contribution is -0.141. The zero-order valence-corrected chi connectivity index (χ0v) is 9.81. The molecule has 0 spiro atoms. The van der Waals surface area contributed by atoms with Gasteiger partial charge in [-0.25, -0.2) is 4.79 Å². The second kappa shape index (κ2) is 4.82. The van der Waals surface area contributed by atoms with Gasteiger partial charge in [0, 0.05) is 17.3 Å². The molecule has 0 aliphatic carbocycles. The zero-order chi connectivity index (χ0) is 12.3. The average Bonchev–Trinajstić information content (AvgIpc) is 2.37. The molecule has 0 fully saturated rings. The van der Waals surface area contributed by atoms with Crippen molar-refractivity contribution in [2.45, 2.75) is 13.0 Å². The summed E-state index contributed by atoms with van der Waals surface area (Å²) in [5.74, 6) is -0.281. The molecule has 4 nitrogen and oxygen atoms in total. The van der Waals surface area contributed by atoms with E-state index in [4.69, 9.17) is 0 Å². The summed E-state index contributed by atoms with van der Waals surface area (Å²) < 4.78 is 4.66. The van der Waals surface area contributed by atoms with Gasteiger partial charge in [0.2, 0.25) is 0 Å². The topological polar surface area (TPSA) is 51.2 Å². The minimum absolute atomic E-state index is 0.281. The quantitative estimate of drug-likeness (QED) is 0.821. The van der Waals surface area contributed by atoms with Gasteiger partial charge in [-0.05, 0) is 31.2 Å². The van der Waals surface area contributed by atoms with E-state index in [0.717, 1.165) is 16.6 Å². The van der Waals surface area contributed by atoms with Gasteiger partial charge in [-0.2, -0.15) is 0 Å². The van der Waals surface area contributed by atoms with Crippen LogP contribution < -0.4 is 5.32 Å². The van der Waals surface area contributed by atoms with Gasteiger partial charge < -0.3 is 10.1 Å². The maximum absolute atomic E-state index is 11.3. The highest BCUT2D eigenvalue weighted by molar-refractivity contribution is 5.84. The van der Waals surface area contributed by atoms with Crippen LogP contribution in [0, 0.1) is 0 Å². The van der Waals surface area contributed by atoms with Crippen LogP contribution in [-0.2, 0) is 9.53 Å². The van der Waals surface area contributed by atoms with Crippen molar-refractivity contribution in [2.24, 2.45) is 0 Å². The monoisotopic (exact) mass is 230 g/mol. The zero-order valence-electron chi connectivity index (χ0n) is 9.81. The largest absolute Gasteiger partial charge is 0.467 e. The van der Waals surface area contributed by atoms with Crippen molar-refractivity contribution in [3.05, 3.63) is 36.5 Å². The summed E-state index contributed by atoms with van der Waals surface area (Å²) in [6, 6.07) is 9.28. The van der Waals surface area contributed by atoms with E-state index < -0.39 is 0 Å². The Morgan fingerprint density at radius 2 is 2.24 bits per heavy atom. The fraction of sp³-hybridized carbons (Fsp3) is 0.231. The molecule has 0 aliphatic heterocycles. The number of benzene rings is 1. The van der Waals surface area contributed by atoms with Crippen molar-refractivity contribution in [1.82, 2.24) is 4.98 Å². The molecule has 0 amide bonds. The Hall–Kier alpha value is -2.10. The molecular formula is C13H14N2O2. The van der Waals surface area contributed by atoms with Crippen LogP contribution >= 0.6 is 0 Å². The minimum atomic E-state index is -0.367. The van der Waals surface area contributed by atoms with Gasteiger partial charge in [-0.15, -0.1) is 0 Å². The first-order chi connectivity index (χ1) is 8.20. The third-order valence-corrected chi connectivity index (χ3v) is 2.54. The Kier molecular flexibility index (Phi) is 3.23. The van der Waals surface area contributed by atoms with Gasteiger partial charge in [-0.1, -0.05) is 6.07 Å². The summed E-state index contributed by atoms with van der Waals surface area (Å²) in [5, 5.41) is 4.12. The smallest absolute Gasteiger partial charge is 0.327 e. The third kappa shape index (κ3) is 2.53. The number of fused-ring (bicyclic) bond motifs is 1. The Balaban J connectivity index is 2.22. The first-order valence-electron chi connectivity index (χ1n) is 5.40. The predicted octanol–water partition coefficient (Wildman–Crippen LogP) is 2.21. The summed E-state index contributed by atoms with van der Waals surface area (Å²) in [5.41, 5.74) is 1.81. The lowest BCUT2D eigenvalue weighted by Crippen LogP contribution is -2.27. The molecule has 88 valence electrons. The highest BCUT2D eigenvalue weighted by Crippen LogP contribution is 2.17. The molecule has 17 heavy (non-hydrogen) atoms. The van der Waals surface area contributed by atoms with E-state index in [1.54, 1.807) is 13.1 Å². The van der Waals surface area contributed by atoms with Crippen LogP contribution in [0.1, 0.15) is 6.92 Å². The van der Waals surface area contributed by atoms with E-state index in [1.165, 1.54) is 7.11 Å². The number of aromatic nitrogens is 1. The van der Waals surface area contributed by atoms with Gasteiger partial charge in [0.25, 0.3) is 0 Å². The Labute approximate surface area is 99.6 Å². The summed E-state index contributed by atoms with van der Waals surface area (Å²) in [6.07, 6.45) is 1.76. The second-order valence-electron chi connectivity index (χ2n) is 3.80. The van der Waals surface area contributed by atoms with Crippen LogP contribution in [0.15, 0.2) is 36.5 Å². The Morgan fingerprint density at radius 1 is 1.41 bits per heavy atom. The second-order valence-corrected chi connectivity index (χ2v) is 3.80. The number of nitrogens with one attached hydrogen (secondary N) is 1. The van der Waals surface area contributed by atoms with Crippen molar-refractivity contribution in [1.29, 1.82) is 0 Å². The molecule has 1 N–H and O–H groups in total. The molecule has 0 bridgehead atoms. The predicted molar refractivity (Wildman–Crippen MR) is 66.8 cm³/mol. The van der Waals surface area contributed by atoms with E-state index in [1.807, 2.05) is 30.3 Å². The van der Waals surface area contributed by atoms with Crippen molar-refractivity contribution < 1.29 is 9.53 Å². The molecule has 0 saturated carbocycles. The average molecular weight is 230 g/mol. The molecule has 1 aromatic carbocycles. The minimum Gasteiger partial charge on any atom is -0.467 e. The number of nitrogens with zero attached hydrogens (tertiary/aromatic N) is 1. The van der Waals surface area contributed by atoms with E-state index >= 15 is 0 Å².